The fourth-order valence-electron chi connectivity index (χ4n) is 3.12. The zero-order valence-corrected chi connectivity index (χ0v) is 14.2. The highest BCUT2D eigenvalue weighted by Gasteiger charge is 2.23. The van der Waals surface area contributed by atoms with Gasteiger partial charge in [-0.3, -0.25) is 0 Å². The number of nitrogens with zero attached hydrogens (tertiary/aromatic N) is 1. The van der Waals surface area contributed by atoms with Gasteiger partial charge in [-0.1, -0.05) is 24.3 Å². The van der Waals surface area contributed by atoms with Crippen molar-refractivity contribution in [3.05, 3.63) is 59.2 Å². The summed E-state index contributed by atoms with van der Waals surface area (Å²) in [6.07, 6.45) is 1.54. The summed E-state index contributed by atoms with van der Waals surface area (Å²) >= 11 is 0. The Morgan fingerprint density at radius 3 is 2.52 bits per heavy atom. The zero-order chi connectivity index (χ0) is 16.6. The van der Waals surface area contributed by atoms with E-state index >= 15 is 0 Å². The van der Waals surface area contributed by atoms with Gasteiger partial charge >= 0.3 is 0 Å². The van der Waals surface area contributed by atoms with Crippen molar-refractivity contribution < 1.29 is 13.5 Å². The zero-order valence-electron chi connectivity index (χ0n) is 13.4. The molecule has 0 saturated heterocycles. The topological polar surface area (TPSA) is 57.6 Å². The van der Waals surface area contributed by atoms with Gasteiger partial charge in [0.15, 0.2) is 9.84 Å². The Labute approximate surface area is 137 Å². The molecule has 1 N–H and O–H groups in total. The first kappa shape index (κ1) is 16.0. The molecule has 0 spiro atoms. The van der Waals surface area contributed by atoms with Gasteiger partial charge in [0.05, 0.1) is 11.0 Å². The van der Waals surface area contributed by atoms with Crippen molar-refractivity contribution >= 4 is 15.5 Å². The summed E-state index contributed by atoms with van der Waals surface area (Å²) in [6.45, 7) is 3.52. The Kier molecular flexibility index (Phi) is 4.17. The van der Waals surface area contributed by atoms with Gasteiger partial charge in [-0.2, -0.15) is 0 Å². The van der Waals surface area contributed by atoms with Crippen molar-refractivity contribution in [2.75, 3.05) is 24.2 Å². The summed E-state index contributed by atoms with van der Waals surface area (Å²) < 4.78 is 23.0. The molecule has 1 aliphatic heterocycles. The van der Waals surface area contributed by atoms with E-state index in [9.17, 15) is 13.5 Å². The first-order valence-electron chi connectivity index (χ1n) is 7.68. The maximum Gasteiger partial charge on any atom is 0.175 e. The third-order valence-electron chi connectivity index (χ3n) is 4.44. The van der Waals surface area contributed by atoms with Crippen LogP contribution in [0.5, 0.6) is 0 Å². The molecule has 0 bridgehead atoms. The number of aryl methyl sites for hydroxylation is 1. The quantitative estimate of drug-likeness (QED) is 0.935. The van der Waals surface area contributed by atoms with Crippen molar-refractivity contribution in [3.63, 3.8) is 0 Å². The summed E-state index contributed by atoms with van der Waals surface area (Å²) in [7, 11) is -3.20. The minimum absolute atomic E-state index is 0.274. The number of aliphatic hydroxyl groups excluding tert-OH is 1. The summed E-state index contributed by atoms with van der Waals surface area (Å²) in [6, 6.07) is 12.7. The Bertz CT molecular complexity index is 813. The van der Waals surface area contributed by atoms with E-state index in [1.807, 2.05) is 6.07 Å². The number of β-amino-alcohol motifs (C(OH)–C–C–N with tert-alkyl or cyclic N) is 1. The van der Waals surface area contributed by atoms with Crippen LogP contribution in [0.1, 0.15) is 22.8 Å². The summed E-state index contributed by atoms with van der Waals surface area (Å²) in [5.41, 5.74) is 4.57. The summed E-state index contributed by atoms with van der Waals surface area (Å²) in [5.74, 6) is 0. The van der Waals surface area contributed by atoms with Gasteiger partial charge in [0.1, 0.15) is 0 Å². The Morgan fingerprint density at radius 1 is 1.17 bits per heavy atom. The van der Waals surface area contributed by atoms with Gasteiger partial charge in [-0.15, -0.1) is 0 Å². The van der Waals surface area contributed by atoms with Crippen LogP contribution in [0.15, 0.2) is 47.4 Å². The summed E-state index contributed by atoms with van der Waals surface area (Å²) in [5, 5.41) is 10.5. The molecule has 5 heteroatoms. The van der Waals surface area contributed by atoms with Crippen LogP contribution in [0.4, 0.5) is 5.69 Å². The van der Waals surface area contributed by atoms with E-state index in [1.165, 1.54) is 23.1 Å². The van der Waals surface area contributed by atoms with E-state index in [0.29, 0.717) is 6.54 Å². The van der Waals surface area contributed by atoms with Gasteiger partial charge in [-0.25, -0.2) is 8.42 Å². The third kappa shape index (κ3) is 3.26. The lowest BCUT2D eigenvalue weighted by Crippen LogP contribution is -2.26. The lowest BCUT2D eigenvalue weighted by Gasteiger charge is -2.23. The molecule has 0 fully saturated rings. The van der Waals surface area contributed by atoms with Gasteiger partial charge in [-0.05, 0) is 48.2 Å². The first-order chi connectivity index (χ1) is 10.9. The van der Waals surface area contributed by atoms with E-state index in [1.54, 1.807) is 24.3 Å². The van der Waals surface area contributed by atoms with Crippen LogP contribution >= 0.6 is 0 Å². The second-order valence-electron chi connectivity index (χ2n) is 6.13. The second-order valence-corrected chi connectivity index (χ2v) is 8.14. The van der Waals surface area contributed by atoms with Crippen molar-refractivity contribution in [3.8, 4) is 0 Å². The molecule has 1 atom stereocenters. The predicted octanol–water partition coefficient (Wildman–Crippen LogP) is 2.49. The summed E-state index contributed by atoms with van der Waals surface area (Å²) in [4.78, 5) is 2.47. The number of anilines is 1. The highest BCUT2D eigenvalue weighted by molar-refractivity contribution is 7.90. The molecule has 2 aromatic rings. The minimum Gasteiger partial charge on any atom is -0.387 e. The molecule has 1 unspecified atom stereocenters. The number of benzene rings is 2. The molecule has 1 heterocycles. The molecular weight excluding hydrogens is 310 g/mol. The highest BCUT2D eigenvalue weighted by atomic mass is 32.2. The van der Waals surface area contributed by atoms with Crippen LogP contribution in [0.3, 0.4) is 0 Å². The SMILES string of the molecule is Cc1cccc2c1CCN2CC(O)c1ccc(S(C)(=O)=O)cc1. The fourth-order valence-corrected chi connectivity index (χ4v) is 3.75. The van der Waals surface area contributed by atoms with Crippen LogP contribution in [-0.2, 0) is 16.3 Å². The fraction of sp³-hybridized carbons (Fsp3) is 0.333. The van der Waals surface area contributed by atoms with Crippen molar-refractivity contribution in [1.29, 1.82) is 0 Å². The Morgan fingerprint density at radius 2 is 1.87 bits per heavy atom. The number of hydrogen-bond donors (Lipinski definition) is 1. The standard InChI is InChI=1S/C18H21NO3S/c1-13-4-3-5-17-16(13)10-11-19(17)12-18(20)14-6-8-15(9-7-14)23(2,21)22/h3-9,18,20H,10-12H2,1-2H3. The van der Waals surface area contributed by atoms with Crippen LogP contribution in [-0.4, -0.2) is 32.9 Å². The van der Waals surface area contributed by atoms with Crippen molar-refractivity contribution in [2.45, 2.75) is 24.3 Å². The van der Waals surface area contributed by atoms with E-state index in [-0.39, 0.29) is 4.90 Å². The molecule has 0 saturated carbocycles. The van der Waals surface area contributed by atoms with Gasteiger partial charge < -0.3 is 10.0 Å². The molecule has 3 rings (SSSR count). The monoisotopic (exact) mass is 331 g/mol. The maximum absolute atomic E-state index is 11.5. The normalized spacial score (nSPS) is 15.5. The van der Waals surface area contributed by atoms with Crippen LogP contribution < -0.4 is 4.90 Å². The molecule has 1 aliphatic rings. The molecule has 0 amide bonds. The molecule has 122 valence electrons. The second kappa shape index (κ2) is 5.98. The van der Waals surface area contributed by atoms with Gasteiger partial charge in [0.25, 0.3) is 0 Å². The van der Waals surface area contributed by atoms with Crippen LogP contribution in [0, 0.1) is 6.92 Å². The first-order valence-corrected chi connectivity index (χ1v) is 9.57. The minimum atomic E-state index is -3.20. The van der Waals surface area contributed by atoms with Crippen molar-refractivity contribution in [2.24, 2.45) is 0 Å². The molecule has 0 aliphatic carbocycles. The number of aliphatic hydroxyl groups is 1. The number of hydrogen-bond acceptors (Lipinski definition) is 4. The van der Waals surface area contributed by atoms with E-state index < -0.39 is 15.9 Å². The molecule has 0 radical (unpaired) electrons. The third-order valence-corrected chi connectivity index (χ3v) is 5.57. The van der Waals surface area contributed by atoms with E-state index in [0.717, 1.165) is 18.5 Å². The van der Waals surface area contributed by atoms with Crippen LogP contribution in [0.2, 0.25) is 0 Å². The molecule has 4 nitrogen and oxygen atoms in total. The predicted molar refractivity (Wildman–Crippen MR) is 91.6 cm³/mol. The Hall–Kier alpha value is -1.85. The lowest BCUT2D eigenvalue weighted by molar-refractivity contribution is 0.184. The number of sulfone groups is 1. The average molecular weight is 331 g/mol. The molecule has 23 heavy (non-hydrogen) atoms. The average Bonchev–Trinajstić information content (AvgIpc) is 2.91. The highest BCUT2D eigenvalue weighted by Crippen LogP contribution is 2.31. The molecular formula is C18H21NO3S. The lowest BCUT2D eigenvalue weighted by atomic mass is 10.1. The van der Waals surface area contributed by atoms with Gasteiger partial charge in [0, 0.05) is 25.0 Å². The Balaban J connectivity index is 1.76. The van der Waals surface area contributed by atoms with Crippen LogP contribution in [0.25, 0.3) is 0 Å². The molecule has 0 aromatic heterocycles. The number of fused-ring (bicyclic) bond motifs is 1. The maximum atomic E-state index is 11.5. The molecule has 2 aromatic carbocycles. The van der Waals surface area contributed by atoms with E-state index in [2.05, 4.69) is 24.0 Å². The van der Waals surface area contributed by atoms with Crippen molar-refractivity contribution in [1.82, 2.24) is 0 Å². The largest absolute Gasteiger partial charge is 0.387 e. The number of rotatable bonds is 4. The van der Waals surface area contributed by atoms with Gasteiger partial charge in [0.2, 0.25) is 0 Å². The van der Waals surface area contributed by atoms with E-state index in [4.69, 9.17) is 0 Å². The smallest absolute Gasteiger partial charge is 0.175 e.